The number of anilines is 1. The molecule has 25 heavy (non-hydrogen) atoms. The molecular weight excluding hydrogens is 378 g/mol. The molecule has 1 heterocycles. The molecule has 1 aliphatic rings. The quantitative estimate of drug-likeness (QED) is 0.717. The molecule has 1 fully saturated rings. The highest BCUT2D eigenvalue weighted by atomic mass is 35.5. The number of alkyl halides is 3. The van der Waals surface area contributed by atoms with Crippen molar-refractivity contribution in [2.75, 3.05) is 18.4 Å². The van der Waals surface area contributed by atoms with E-state index in [2.05, 4.69) is 17.2 Å². The van der Waals surface area contributed by atoms with Crippen molar-refractivity contribution in [1.29, 1.82) is 0 Å². The minimum Gasteiger partial charge on any atom is -0.360 e. The first-order valence-electron chi connectivity index (χ1n) is 7.81. The SMILES string of the molecule is CCCCN1CCCC1=NC(=O)Nc1cc(C(F)(F)F)ccc1Cl.Cl. The molecule has 1 aromatic carbocycles. The van der Waals surface area contributed by atoms with Crippen LogP contribution in [0.4, 0.5) is 23.7 Å². The standard InChI is InChI=1S/C16H19ClF3N3O.ClH/c1-2-3-8-23-9-4-5-14(23)22-15(24)21-13-10-11(16(18,19)20)6-7-12(13)17;/h6-7,10H,2-5,8-9H2,1H3,(H,21,24);1H. The Kier molecular flexibility index (Phi) is 8.02. The fourth-order valence-corrected chi connectivity index (χ4v) is 2.65. The number of nitrogens with one attached hydrogen (secondary N) is 1. The van der Waals surface area contributed by atoms with Crippen molar-refractivity contribution in [3.05, 3.63) is 28.8 Å². The van der Waals surface area contributed by atoms with Gasteiger partial charge in [-0.2, -0.15) is 18.2 Å². The van der Waals surface area contributed by atoms with Crippen molar-refractivity contribution in [3.8, 4) is 0 Å². The van der Waals surface area contributed by atoms with E-state index in [9.17, 15) is 18.0 Å². The van der Waals surface area contributed by atoms with Gasteiger partial charge in [-0.05, 0) is 31.0 Å². The van der Waals surface area contributed by atoms with Gasteiger partial charge in [0, 0.05) is 19.5 Å². The fraction of sp³-hybridized carbons (Fsp3) is 0.500. The monoisotopic (exact) mass is 397 g/mol. The lowest BCUT2D eigenvalue weighted by atomic mass is 10.2. The molecule has 2 amide bonds. The molecule has 0 radical (unpaired) electrons. The van der Waals surface area contributed by atoms with Crippen LogP contribution in [0.5, 0.6) is 0 Å². The van der Waals surface area contributed by atoms with Crippen LogP contribution in [0, 0.1) is 0 Å². The summed E-state index contributed by atoms with van der Waals surface area (Å²) in [6.07, 6.45) is -0.859. The fourth-order valence-electron chi connectivity index (χ4n) is 2.49. The largest absolute Gasteiger partial charge is 0.416 e. The number of unbranched alkanes of at least 4 members (excludes halogenated alkanes) is 1. The number of urea groups is 1. The van der Waals surface area contributed by atoms with Crippen LogP contribution in [-0.2, 0) is 6.18 Å². The summed E-state index contributed by atoms with van der Waals surface area (Å²) in [6, 6.07) is 2.07. The van der Waals surface area contributed by atoms with E-state index in [1.807, 2.05) is 4.90 Å². The van der Waals surface area contributed by atoms with Gasteiger partial charge >= 0.3 is 12.2 Å². The zero-order valence-electron chi connectivity index (χ0n) is 13.7. The van der Waals surface area contributed by atoms with Gasteiger partial charge in [0.05, 0.1) is 16.3 Å². The Morgan fingerprint density at radius 1 is 1.40 bits per heavy atom. The Balaban J connectivity index is 0.00000312. The molecule has 0 saturated carbocycles. The van der Waals surface area contributed by atoms with Gasteiger partial charge in [0.2, 0.25) is 0 Å². The van der Waals surface area contributed by atoms with Crippen LogP contribution in [0.3, 0.4) is 0 Å². The second-order valence-corrected chi connectivity index (χ2v) is 6.00. The third-order valence-electron chi connectivity index (χ3n) is 3.74. The minimum atomic E-state index is -4.50. The summed E-state index contributed by atoms with van der Waals surface area (Å²) in [4.78, 5) is 18.1. The van der Waals surface area contributed by atoms with E-state index in [1.54, 1.807) is 0 Å². The van der Waals surface area contributed by atoms with Crippen molar-refractivity contribution >= 4 is 41.6 Å². The second kappa shape index (κ2) is 9.29. The average molecular weight is 398 g/mol. The maximum atomic E-state index is 12.7. The number of likely N-dealkylation sites (tertiary alicyclic amines) is 1. The number of carbonyl (C=O) groups is 1. The molecule has 1 aromatic rings. The molecule has 1 N–H and O–H groups in total. The maximum Gasteiger partial charge on any atom is 0.416 e. The van der Waals surface area contributed by atoms with E-state index in [0.717, 1.165) is 50.6 Å². The lowest BCUT2D eigenvalue weighted by Gasteiger charge is -2.18. The van der Waals surface area contributed by atoms with E-state index < -0.39 is 17.8 Å². The van der Waals surface area contributed by atoms with Gasteiger partial charge in [-0.25, -0.2) is 4.79 Å². The van der Waals surface area contributed by atoms with E-state index in [0.29, 0.717) is 12.3 Å². The first-order valence-corrected chi connectivity index (χ1v) is 8.19. The molecule has 1 aliphatic heterocycles. The Labute approximate surface area is 155 Å². The number of halogens is 5. The average Bonchev–Trinajstić information content (AvgIpc) is 2.93. The first-order chi connectivity index (χ1) is 11.3. The van der Waals surface area contributed by atoms with Crippen molar-refractivity contribution in [2.45, 2.75) is 38.8 Å². The normalized spacial score (nSPS) is 16.0. The highest BCUT2D eigenvalue weighted by Gasteiger charge is 2.31. The van der Waals surface area contributed by atoms with Crippen molar-refractivity contribution < 1.29 is 18.0 Å². The summed E-state index contributed by atoms with van der Waals surface area (Å²) in [5, 5.41) is 2.37. The number of hydrogen-bond donors (Lipinski definition) is 1. The molecule has 1 saturated heterocycles. The summed E-state index contributed by atoms with van der Waals surface area (Å²) in [7, 11) is 0. The van der Waals surface area contributed by atoms with Crippen molar-refractivity contribution in [3.63, 3.8) is 0 Å². The molecular formula is C16H20Cl2F3N3O. The van der Waals surface area contributed by atoms with Crippen molar-refractivity contribution in [1.82, 2.24) is 4.90 Å². The molecule has 0 bridgehead atoms. The van der Waals surface area contributed by atoms with Crippen molar-refractivity contribution in [2.24, 2.45) is 4.99 Å². The molecule has 2 rings (SSSR count). The summed E-state index contributed by atoms with van der Waals surface area (Å²) in [6.45, 7) is 3.75. The second-order valence-electron chi connectivity index (χ2n) is 5.59. The van der Waals surface area contributed by atoms with Gasteiger partial charge in [-0.15, -0.1) is 12.4 Å². The van der Waals surface area contributed by atoms with Gasteiger partial charge in [-0.3, -0.25) is 0 Å². The molecule has 0 spiro atoms. The molecule has 0 atom stereocenters. The van der Waals surface area contributed by atoms with Gasteiger partial charge in [0.25, 0.3) is 0 Å². The Hall–Kier alpha value is -1.47. The first kappa shape index (κ1) is 21.6. The third kappa shape index (κ3) is 6.08. The number of rotatable bonds is 4. The predicted molar refractivity (Wildman–Crippen MR) is 95.9 cm³/mol. The number of amidine groups is 1. The molecule has 0 aliphatic carbocycles. The molecule has 0 aromatic heterocycles. The van der Waals surface area contributed by atoms with Gasteiger partial charge in [0.1, 0.15) is 5.84 Å². The summed E-state index contributed by atoms with van der Waals surface area (Å²) in [5.74, 6) is 0.670. The number of aliphatic imine (C=N–C) groups is 1. The van der Waals surface area contributed by atoms with Crippen LogP contribution in [0.2, 0.25) is 5.02 Å². The van der Waals surface area contributed by atoms with Crippen LogP contribution in [0.1, 0.15) is 38.2 Å². The van der Waals surface area contributed by atoms with Crippen LogP contribution in [0.25, 0.3) is 0 Å². The Morgan fingerprint density at radius 2 is 2.12 bits per heavy atom. The number of nitrogens with zero attached hydrogens (tertiary/aromatic N) is 2. The lowest BCUT2D eigenvalue weighted by molar-refractivity contribution is -0.137. The van der Waals surface area contributed by atoms with Gasteiger partial charge < -0.3 is 10.2 Å². The van der Waals surface area contributed by atoms with Crippen LogP contribution in [0.15, 0.2) is 23.2 Å². The number of carbonyl (C=O) groups excluding carboxylic acids is 1. The van der Waals surface area contributed by atoms with E-state index >= 15 is 0 Å². The number of amides is 2. The Morgan fingerprint density at radius 3 is 2.76 bits per heavy atom. The van der Waals surface area contributed by atoms with E-state index in [-0.39, 0.29) is 23.1 Å². The summed E-state index contributed by atoms with van der Waals surface area (Å²) >= 11 is 5.86. The van der Waals surface area contributed by atoms with Gasteiger partial charge in [-0.1, -0.05) is 24.9 Å². The highest BCUT2D eigenvalue weighted by molar-refractivity contribution is 6.33. The molecule has 140 valence electrons. The summed E-state index contributed by atoms with van der Waals surface area (Å²) < 4.78 is 38.2. The topological polar surface area (TPSA) is 44.7 Å². The van der Waals surface area contributed by atoms with Crippen LogP contribution < -0.4 is 5.32 Å². The molecule has 4 nitrogen and oxygen atoms in total. The number of benzene rings is 1. The van der Waals surface area contributed by atoms with E-state index in [4.69, 9.17) is 11.6 Å². The minimum absolute atomic E-state index is 0. The van der Waals surface area contributed by atoms with Crippen LogP contribution in [-0.4, -0.2) is 29.9 Å². The summed E-state index contributed by atoms with van der Waals surface area (Å²) in [5.41, 5.74) is -0.973. The van der Waals surface area contributed by atoms with Gasteiger partial charge in [0.15, 0.2) is 0 Å². The zero-order valence-corrected chi connectivity index (χ0v) is 15.3. The van der Waals surface area contributed by atoms with Crippen LogP contribution >= 0.6 is 24.0 Å². The number of hydrogen-bond acceptors (Lipinski definition) is 1. The molecule has 9 heteroatoms. The smallest absolute Gasteiger partial charge is 0.360 e. The molecule has 0 unspecified atom stereocenters. The lowest BCUT2D eigenvalue weighted by Crippen LogP contribution is -2.27. The van der Waals surface area contributed by atoms with E-state index in [1.165, 1.54) is 0 Å². The Bertz CT molecular complexity index is 636. The predicted octanol–water partition coefficient (Wildman–Crippen LogP) is 5.61. The highest BCUT2D eigenvalue weighted by Crippen LogP contribution is 2.33. The maximum absolute atomic E-state index is 12.7. The zero-order chi connectivity index (χ0) is 17.7. The third-order valence-corrected chi connectivity index (χ3v) is 4.07.